The number of benzene rings is 2. The van der Waals surface area contributed by atoms with Crippen LogP contribution in [0.15, 0.2) is 36.4 Å². The fraction of sp³-hybridized carbons (Fsp3) is 0.200. The highest BCUT2D eigenvalue weighted by atomic mass is 79.9. The van der Waals surface area contributed by atoms with Gasteiger partial charge in [0.2, 0.25) is 0 Å². The van der Waals surface area contributed by atoms with Crippen LogP contribution < -0.4 is 5.32 Å². The van der Waals surface area contributed by atoms with E-state index in [4.69, 9.17) is 0 Å². The van der Waals surface area contributed by atoms with E-state index >= 15 is 0 Å². The van der Waals surface area contributed by atoms with Crippen LogP contribution in [-0.4, -0.2) is 27.3 Å². The Labute approximate surface area is 133 Å². The molecule has 0 radical (unpaired) electrons. The maximum absolute atomic E-state index is 9.89. The summed E-state index contributed by atoms with van der Waals surface area (Å²) in [6, 6.07) is 10.3. The third-order valence-corrected chi connectivity index (χ3v) is 3.62. The Morgan fingerprint density at radius 3 is 2.43 bits per heavy atom. The number of nitrogens with one attached hydrogen (secondary N) is 1. The highest BCUT2D eigenvalue weighted by Crippen LogP contribution is 2.36. The Hall–Kier alpha value is -1.76. The number of halogens is 1. The first-order valence-electron chi connectivity index (χ1n) is 6.20. The average Bonchev–Trinajstić information content (AvgIpc) is 2.42. The van der Waals surface area contributed by atoms with Gasteiger partial charge in [0.1, 0.15) is 5.75 Å². The van der Waals surface area contributed by atoms with E-state index in [0.29, 0.717) is 6.54 Å². The van der Waals surface area contributed by atoms with Crippen molar-refractivity contribution >= 4 is 17.0 Å². The van der Waals surface area contributed by atoms with Crippen molar-refractivity contribution in [1.29, 1.82) is 0 Å². The zero-order chi connectivity index (χ0) is 13.4. The molecule has 6 N–H and O–H groups in total. The first-order valence-corrected chi connectivity index (χ1v) is 6.20. The molecule has 1 atom stereocenters. The lowest BCUT2D eigenvalue weighted by molar-refractivity contribution is 0.402. The van der Waals surface area contributed by atoms with Crippen molar-refractivity contribution in [2.24, 2.45) is 0 Å². The molecule has 3 rings (SSSR count). The molecule has 2 aromatic rings. The second kappa shape index (κ2) is 6.80. The van der Waals surface area contributed by atoms with Crippen LogP contribution in [0.2, 0.25) is 0 Å². The molecule has 1 unspecified atom stereocenters. The van der Waals surface area contributed by atoms with E-state index < -0.39 is 0 Å². The molecule has 0 aromatic heterocycles. The van der Waals surface area contributed by atoms with Gasteiger partial charge in [0.15, 0.2) is 11.5 Å². The molecule has 2 aromatic carbocycles. The SMILES string of the molecule is Br.O.Oc1ccc(C2CNCc3c(O)cccc32)cc1O. The second-order valence-electron chi connectivity index (χ2n) is 4.78. The Balaban J connectivity index is 0.00000110. The molecule has 0 saturated carbocycles. The van der Waals surface area contributed by atoms with Crippen LogP contribution >= 0.6 is 17.0 Å². The standard InChI is InChI=1S/C15H15NO3.BrH.H2O/c17-13-3-1-2-10-11(7-16-8-12(10)13)9-4-5-14(18)15(19)6-9;;/h1-6,11,16-19H,7-8H2;1H;1H2. The quantitative estimate of drug-likeness (QED) is 0.585. The van der Waals surface area contributed by atoms with E-state index in [1.54, 1.807) is 18.2 Å². The Morgan fingerprint density at radius 1 is 0.952 bits per heavy atom. The van der Waals surface area contributed by atoms with Crippen LogP contribution in [0, 0.1) is 0 Å². The topological polar surface area (TPSA) is 104 Å². The third-order valence-electron chi connectivity index (χ3n) is 3.62. The Kier molecular flexibility index (Phi) is 5.60. The molecule has 5 nitrogen and oxygen atoms in total. The normalized spacial score (nSPS) is 16.3. The number of aromatic hydroxyl groups is 3. The molecular weight excluding hydrogens is 338 g/mol. The molecule has 1 heterocycles. The third kappa shape index (κ3) is 3.12. The maximum atomic E-state index is 9.89. The monoisotopic (exact) mass is 355 g/mol. The smallest absolute Gasteiger partial charge is 0.157 e. The van der Waals surface area contributed by atoms with Gasteiger partial charge in [-0.1, -0.05) is 18.2 Å². The Bertz CT molecular complexity index is 633. The number of rotatable bonds is 1. The van der Waals surface area contributed by atoms with Gasteiger partial charge in [-0.15, -0.1) is 17.0 Å². The van der Waals surface area contributed by atoms with Crippen molar-refractivity contribution in [3.8, 4) is 17.2 Å². The van der Waals surface area contributed by atoms with Gasteiger partial charge >= 0.3 is 0 Å². The van der Waals surface area contributed by atoms with Gasteiger partial charge in [-0.3, -0.25) is 0 Å². The van der Waals surface area contributed by atoms with Crippen LogP contribution in [-0.2, 0) is 6.54 Å². The lowest BCUT2D eigenvalue weighted by Gasteiger charge is -2.27. The molecular formula is C15H18BrNO4. The molecule has 0 spiro atoms. The van der Waals surface area contributed by atoms with Gasteiger partial charge in [0.25, 0.3) is 0 Å². The average molecular weight is 356 g/mol. The fourth-order valence-electron chi connectivity index (χ4n) is 2.62. The molecule has 6 heteroatoms. The number of hydrogen-bond donors (Lipinski definition) is 4. The van der Waals surface area contributed by atoms with Crippen molar-refractivity contribution in [3.05, 3.63) is 53.1 Å². The van der Waals surface area contributed by atoms with E-state index in [0.717, 1.165) is 23.2 Å². The molecule has 0 fully saturated rings. The van der Waals surface area contributed by atoms with E-state index in [1.165, 1.54) is 6.07 Å². The molecule has 21 heavy (non-hydrogen) atoms. The number of phenols is 3. The summed E-state index contributed by atoms with van der Waals surface area (Å²) in [4.78, 5) is 0. The summed E-state index contributed by atoms with van der Waals surface area (Å²) in [5.41, 5.74) is 2.87. The summed E-state index contributed by atoms with van der Waals surface area (Å²) in [7, 11) is 0. The lowest BCUT2D eigenvalue weighted by atomic mass is 9.85. The number of fused-ring (bicyclic) bond motifs is 1. The fourth-order valence-corrected chi connectivity index (χ4v) is 2.62. The second-order valence-corrected chi connectivity index (χ2v) is 4.78. The molecule has 1 aliphatic heterocycles. The van der Waals surface area contributed by atoms with Gasteiger partial charge in [-0.05, 0) is 29.3 Å². The summed E-state index contributed by atoms with van der Waals surface area (Å²) < 4.78 is 0. The van der Waals surface area contributed by atoms with Gasteiger partial charge in [-0.2, -0.15) is 0 Å². The summed E-state index contributed by atoms with van der Waals surface area (Å²) >= 11 is 0. The summed E-state index contributed by atoms with van der Waals surface area (Å²) in [5, 5.41) is 32.1. The van der Waals surface area contributed by atoms with Crippen molar-refractivity contribution in [3.63, 3.8) is 0 Å². The first-order chi connectivity index (χ1) is 9.16. The predicted molar refractivity (Wildman–Crippen MR) is 85.4 cm³/mol. The highest BCUT2D eigenvalue weighted by molar-refractivity contribution is 8.93. The van der Waals surface area contributed by atoms with Gasteiger partial charge < -0.3 is 26.1 Å². The summed E-state index contributed by atoms with van der Waals surface area (Å²) in [5.74, 6) is 0.105. The maximum Gasteiger partial charge on any atom is 0.157 e. The highest BCUT2D eigenvalue weighted by Gasteiger charge is 2.23. The zero-order valence-electron chi connectivity index (χ0n) is 11.2. The van der Waals surface area contributed by atoms with E-state index in [1.807, 2.05) is 12.1 Å². The lowest BCUT2D eigenvalue weighted by Crippen LogP contribution is -2.28. The van der Waals surface area contributed by atoms with Crippen molar-refractivity contribution in [2.75, 3.05) is 6.54 Å². The first kappa shape index (κ1) is 17.3. The molecule has 0 bridgehead atoms. The van der Waals surface area contributed by atoms with Gasteiger partial charge in [0, 0.05) is 24.6 Å². The molecule has 0 amide bonds. The van der Waals surface area contributed by atoms with E-state index in [9.17, 15) is 15.3 Å². The van der Waals surface area contributed by atoms with Gasteiger partial charge in [-0.25, -0.2) is 0 Å². The van der Waals surface area contributed by atoms with Crippen molar-refractivity contribution in [1.82, 2.24) is 5.32 Å². The molecule has 1 aliphatic rings. The molecule has 0 aliphatic carbocycles. The zero-order valence-corrected chi connectivity index (χ0v) is 12.9. The number of hydrogen-bond acceptors (Lipinski definition) is 4. The molecule has 0 saturated heterocycles. The minimum Gasteiger partial charge on any atom is -0.508 e. The minimum atomic E-state index is -0.122. The van der Waals surface area contributed by atoms with Crippen LogP contribution in [0.1, 0.15) is 22.6 Å². The van der Waals surface area contributed by atoms with Crippen LogP contribution in [0.3, 0.4) is 0 Å². The minimum absolute atomic E-state index is 0. The summed E-state index contributed by atoms with van der Waals surface area (Å²) in [6.07, 6.45) is 0. The largest absolute Gasteiger partial charge is 0.508 e. The van der Waals surface area contributed by atoms with Gasteiger partial charge in [0.05, 0.1) is 0 Å². The van der Waals surface area contributed by atoms with Crippen LogP contribution in [0.5, 0.6) is 17.2 Å². The number of phenolic OH excluding ortho intramolecular Hbond substituents is 3. The van der Waals surface area contributed by atoms with E-state index in [-0.39, 0.29) is 45.6 Å². The summed E-state index contributed by atoms with van der Waals surface area (Å²) in [6.45, 7) is 1.38. The molecule has 114 valence electrons. The van der Waals surface area contributed by atoms with Crippen molar-refractivity contribution in [2.45, 2.75) is 12.5 Å². The predicted octanol–water partition coefficient (Wildman–Crippen LogP) is 1.79. The van der Waals surface area contributed by atoms with Crippen LogP contribution in [0.25, 0.3) is 0 Å². The van der Waals surface area contributed by atoms with E-state index in [2.05, 4.69) is 5.32 Å². The van der Waals surface area contributed by atoms with Crippen molar-refractivity contribution < 1.29 is 20.8 Å². The Morgan fingerprint density at radius 2 is 1.71 bits per heavy atom. The van der Waals surface area contributed by atoms with Crippen LogP contribution in [0.4, 0.5) is 0 Å².